The minimum atomic E-state index is -0.539. The van der Waals surface area contributed by atoms with Crippen LogP contribution in [0.25, 0.3) is 10.8 Å². The summed E-state index contributed by atoms with van der Waals surface area (Å²) in [5.41, 5.74) is 0.780. The normalized spacial score (nSPS) is 10.5. The van der Waals surface area contributed by atoms with E-state index < -0.39 is 11.7 Å². The first kappa shape index (κ1) is 19.5. The maximum absolute atomic E-state index is 13.2. The van der Waals surface area contributed by atoms with Crippen molar-refractivity contribution < 1.29 is 13.9 Å². The Hall–Kier alpha value is -2.22. The Kier molecular flexibility index (Phi) is 5.94. The summed E-state index contributed by atoms with van der Waals surface area (Å²) in [6.07, 6.45) is 0. The highest BCUT2D eigenvalue weighted by molar-refractivity contribution is 9.10. The molecule has 0 aliphatic carbocycles. The molecular weight excluding hydrogens is 455 g/mol. The molecule has 0 aromatic heterocycles. The van der Waals surface area contributed by atoms with E-state index in [0.29, 0.717) is 21.5 Å². The molecule has 0 unspecified atom stereocenters. The van der Waals surface area contributed by atoms with E-state index in [1.54, 1.807) is 6.07 Å². The second-order valence-corrected chi connectivity index (χ2v) is 7.14. The highest BCUT2D eigenvalue weighted by Crippen LogP contribution is 2.36. The third-order valence-corrected chi connectivity index (χ3v) is 5.08. The number of carbonyl (C=O) groups is 1. The van der Waals surface area contributed by atoms with Gasteiger partial charge >= 0.3 is 0 Å². The summed E-state index contributed by atoms with van der Waals surface area (Å²) in [6, 6.07) is 13.4. The van der Waals surface area contributed by atoms with E-state index >= 15 is 0 Å². The summed E-state index contributed by atoms with van der Waals surface area (Å²) < 4.78 is 19.3. The summed E-state index contributed by atoms with van der Waals surface area (Å²) in [7, 11) is 1.49. The number of amides is 1. The molecule has 0 aliphatic rings. The van der Waals surface area contributed by atoms with Gasteiger partial charge in [-0.15, -0.1) is 0 Å². The summed E-state index contributed by atoms with van der Waals surface area (Å²) in [5, 5.41) is 7.19. The molecule has 0 aliphatic heterocycles. The fourth-order valence-corrected chi connectivity index (χ4v) is 3.69. The van der Waals surface area contributed by atoms with Crippen molar-refractivity contribution >= 4 is 67.2 Å². The molecule has 3 aromatic rings. The molecule has 0 heterocycles. The fraction of sp³-hybridized carbons (Fsp3) is 0.0526. The van der Waals surface area contributed by atoms with Crippen LogP contribution in [0.4, 0.5) is 10.1 Å². The van der Waals surface area contributed by atoms with E-state index in [-0.39, 0.29) is 10.1 Å². The number of rotatable bonds is 3. The van der Waals surface area contributed by atoms with Crippen molar-refractivity contribution in [1.29, 1.82) is 0 Å². The number of fused-ring (bicyclic) bond motifs is 1. The molecule has 1 amide bonds. The zero-order valence-electron chi connectivity index (χ0n) is 14.0. The number of methoxy groups -OCH3 is 1. The lowest BCUT2D eigenvalue weighted by Crippen LogP contribution is -2.34. The summed E-state index contributed by atoms with van der Waals surface area (Å²) in [5.74, 6) is -0.578. The molecule has 0 saturated carbocycles. The van der Waals surface area contributed by atoms with Gasteiger partial charge in [-0.1, -0.05) is 35.9 Å². The molecule has 27 heavy (non-hydrogen) atoms. The van der Waals surface area contributed by atoms with Crippen LogP contribution >= 0.6 is 39.7 Å². The van der Waals surface area contributed by atoms with E-state index in [2.05, 4.69) is 26.6 Å². The molecule has 0 saturated heterocycles. The fourth-order valence-electron chi connectivity index (χ4n) is 2.56. The monoisotopic (exact) mass is 466 g/mol. The molecule has 2 N–H and O–H groups in total. The first-order valence-electron chi connectivity index (χ1n) is 7.73. The number of anilines is 1. The molecular formula is C19H13BrClFN2O2S. The van der Waals surface area contributed by atoms with Crippen LogP contribution in [0.3, 0.4) is 0 Å². The Balaban J connectivity index is 1.85. The summed E-state index contributed by atoms with van der Waals surface area (Å²) in [4.78, 5) is 12.7. The lowest BCUT2D eigenvalue weighted by atomic mass is 10.1. The topological polar surface area (TPSA) is 50.4 Å². The molecule has 0 radical (unpaired) electrons. The first-order valence-corrected chi connectivity index (χ1v) is 9.31. The van der Waals surface area contributed by atoms with Crippen LogP contribution in [-0.4, -0.2) is 18.1 Å². The van der Waals surface area contributed by atoms with Crippen LogP contribution in [0, 0.1) is 5.82 Å². The van der Waals surface area contributed by atoms with E-state index in [9.17, 15) is 9.18 Å². The van der Waals surface area contributed by atoms with E-state index in [4.69, 9.17) is 28.6 Å². The van der Waals surface area contributed by atoms with Crippen molar-refractivity contribution in [3.05, 3.63) is 69.4 Å². The Morgan fingerprint density at radius 1 is 1.22 bits per heavy atom. The predicted octanol–water partition coefficient (Wildman–Crippen LogP) is 5.53. The van der Waals surface area contributed by atoms with E-state index in [0.717, 1.165) is 10.8 Å². The number of nitrogens with one attached hydrogen (secondary N) is 2. The second kappa shape index (κ2) is 8.21. The number of halogens is 3. The van der Waals surface area contributed by atoms with Crippen molar-refractivity contribution in [3.63, 3.8) is 0 Å². The van der Waals surface area contributed by atoms with Crippen LogP contribution in [0.15, 0.2) is 53.0 Å². The molecule has 4 nitrogen and oxygen atoms in total. The average Bonchev–Trinajstić information content (AvgIpc) is 2.64. The van der Waals surface area contributed by atoms with E-state index in [1.165, 1.54) is 25.3 Å². The summed E-state index contributed by atoms with van der Waals surface area (Å²) >= 11 is 14.4. The third-order valence-electron chi connectivity index (χ3n) is 3.79. The van der Waals surface area contributed by atoms with Crippen LogP contribution in [0.2, 0.25) is 5.02 Å². The second-order valence-electron chi connectivity index (χ2n) is 5.53. The van der Waals surface area contributed by atoms with Crippen molar-refractivity contribution in [1.82, 2.24) is 5.32 Å². The highest BCUT2D eigenvalue weighted by atomic mass is 79.9. The van der Waals surface area contributed by atoms with Gasteiger partial charge in [0.1, 0.15) is 11.6 Å². The van der Waals surface area contributed by atoms with Gasteiger partial charge in [-0.2, -0.15) is 0 Å². The third kappa shape index (κ3) is 4.21. The zero-order chi connectivity index (χ0) is 19.6. The molecule has 3 aromatic carbocycles. The molecule has 8 heteroatoms. The minimum absolute atomic E-state index is 0.0470. The minimum Gasteiger partial charge on any atom is -0.495 e. The lowest BCUT2D eigenvalue weighted by Gasteiger charge is -2.14. The SMILES string of the molecule is COc1c(C(=O)NC(=S)Nc2ccc(F)c(Cl)c2)cc2ccccc2c1Br. The Morgan fingerprint density at radius 3 is 2.67 bits per heavy atom. The molecule has 0 bridgehead atoms. The van der Waals surface area contributed by atoms with Gasteiger partial charge in [0.05, 0.1) is 22.2 Å². The zero-order valence-corrected chi connectivity index (χ0v) is 17.1. The Morgan fingerprint density at radius 2 is 1.96 bits per heavy atom. The van der Waals surface area contributed by atoms with Crippen molar-refractivity contribution in [3.8, 4) is 5.75 Å². The van der Waals surface area contributed by atoms with Gasteiger partial charge in [0, 0.05) is 5.69 Å². The van der Waals surface area contributed by atoms with Crippen molar-refractivity contribution in [2.45, 2.75) is 0 Å². The van der Waals surface area contributed by atoms with Gasteiger partial charge in [-0.25, -0.2) is 4.39 Å². The molecule has 138 valence electrons. The predicted molar refractivity (Wildman–Crippen MR) is 113 cm³/mol. The summed E-state index contributed by atoms with van der Waals surface area (Å²) in [6.45, 7) is 0. The maximum Gasteiger partial charge on any atom is 0.261 e. The number of hydrogen-bond donors (Lipinski definition) is 2. The number of hydrogen-bond acceptors (Lipinski definition) is 3. The number of benzene rings is 3. The van der Waals surface area contributed by atoms with Gasteiger partial charge in [0.2, 0.25) is 0 Å². The van der Waals surface area contributed by atoms with Gasteiger partial charge in [0.15, 0.2) is 5.11 Å². The smallest absolute Gasteiger partial charge is 0.261 e. The quantitative estimate of drug-likeness (QED) is 0.497. The van der Waals surface area contributed by atoms with E-state index in [1.807, 2.05) is 24.3 Å². The van der Waals surface area contributed by atoms with Gasteiger partial charge in [0.25, 0.3) is 5.91 Å². The van der Waals surface area contributed by atoms with Crippen LogP contribution in [0.1, 0.15) is 10.4 Å². The van der Waals surface area contributed by atoms with Crippen molar-refractivity contribution in [2.24, 2.45) is 0 Å². The first-order chi connectivity index (χ1) is 12.9. The molecule has 0 atom stereocenters. The van der Waals surface area contributed by atoms with Gasteiger partial charge < -0.3 is 10.1 Å². The van der Waals surface area contributed by atoms with Gasteiger partial charge in [-0.05, 0) is 63.2 Å². The maximum atomic E-state index is 13.2. The Labute approximate surface area is 173 Å². The average molecular weight is 468 g/mol. The largest absolute Gasteiger partial charge is 0.495 e. The molecule has 0 fully saturated rings. The number of thiocarbonyl (C=S) groups is 1. The number of carbonyl (C=O) groups excluding carboxylic acids is 1. The van der Waals surface area contributed by atoms with Gasteiger partial charge in [-0.3, -0.25) is 10.1 Å². The van der Waals surface area contributed by atoms with Crippen LogP contribution < -0.4 is 15.4 Å². The van der Waals surface area contributed by atoms with Crippen LogP contribution in [0.5, 0.6) is 5.75 Å². The Bertz CT molecular complexity index is 1060. The molecule has 0 spiro atoms. The number of ether oxygens (including phenoxy) is 1. The van der Waals surface area contributed by atoms with Crippen molar-refractivity contribution in [2.75, 3.05) is 12.4 Å². The standard InChI is InChI=1S/C19H13BrClFN2O2S/c1-26-17-13(8-10-4-2-3-5-12(10)16(17)20)18(25)24-19(27)23-11-6-7-15(22)14(21)9-11/h2-9H,1H3,(H2,23,24,25,27). The molecule has 3 rings (SSSR count). The lowest BCUT2D eigenvalue weighted by molar-refractivity contribution is 0.0975. The van der Waals surface area contributed by atoms with Crippen LogP contribution in [-0.2, 0) is 0 Å². The highest BCUT2D eigenvalue weighted by Gasteiger charge is 2.19.